The second-order valence-corrected chi connectivity index (χ2v) is 8.21. The summed E-state index contributed by atoms with van der Waals surface area (Å²) in [6.45, 7) is 7.38. The summed E-state index contributed by atoms with van der Waals surface area (Å²) in [5.74, 6) is 1.87. The molecule has 1 fully saturated rings. The van der Waals surface area contributed by atoms with E-state index in [-0.39, 0.29) is 11.9 Å². The number of nitrogens with two attached hydrogens (primary N) is 1. The van der Waals surface area contributed by atoms with Gasteiger partial charge >= 0.3 is 0 Å². The lowest BCUT2D eigenvalue weighted by atomic mass is 10.1. The molecule has 6 nitrogen and oxygen atoms in total. The zero-order chi connectivity index (χ0) is 20.2. The van der Waals surface area contributed by atoms with Crippen molar-refractivity contribution in [2.45, 2.75) is 19.5 Å². The van der Waals surface area contributed by atoms with Crippen LogP contribution in [0.1, 0.15) is 24.1 Å². The summed E-state index contributed by atoms with van der Waals surface area (Å²) in [7, 11) is 0. The Morgan fingerprint density at radius 2 is 1.86 bits per heavy atom. The molecule has 2 aliphatic heterocycles. The van der Waals surface area contributed by atoms with Crippen molar-refractivity contribution in [3.63, 3.8) is 0 Å². The number of carbonyl (C=O) groups excluding carboxylic acids is 1. The van der Waals surface area contributed by atoms with Gasteiger partial charge in [0.05, 0.1) is 26.2 Å². The van der Waals surface area contributed by atoms with Gasteiger partial charge in [0.25, 0.3) is 5.91 Å². The number of benzene rings is 2. The van der Waals surface area contributed by atoms with Crippen LogP contribution in [0.4, 0.5) is 0 Å². The van der Waals surface area contributed by atoms with Crippen LogP contribution in [0.2, 0.25) is 5.02 Å². The first-order valence-electron chi connectivity index (χ1n) is 10.2. The summed E-state index contributed by atoms with van der Waals surface area (Å²) >= 11 is 5.95. The molecule has 1 amide bonds. The van der Waals surface area contributed by atoms with Crippen LogP contribution in [0.25, 0.3) is 0 Å². The number of nitrogens with zero attached hydrogens (tertiary/aromatic N) is 1. The minimum absolute atomic E-state index is 0.216. The van der Waals surface area contributed by atoms with Gasteiger partial charge in [-0.05, 0) is 37.3 Å². The zero-order valence-electron chi connectivity index (χ0n) is 16.7. The molecule has 0 saturated carbocycles. The van der Waals surface area contributed by atoms with E-state index in [1.165, 1.54) is 16.0 Å². The first-order valence-corrected chi connectivity index (χ1v) is 10.5. The van der Waals surface area contributed by atoms with E-state index in [1.807, 2.05) is 35.2 Å². The molecule has 2 heterocycles. The van der Waals surface area contributed by atoms with Crippen LogP contribution in [0, 0.1) is 0 Å². The molecule has 2 aromatic carbocycles. The van der Waals surface area contributed by atoms with Crippen molar-refractivity contribution in [2.24, 2.45) is 0 Å². The van der Waals surface area contributed by atoms with Crippen LogP contribution in [-0.2, 0) is 11.3 Å². The van der Waals surface area contributed by atoms with Crippen LogP contribution < -0.4 is 19.7 Å². The largest absolute Gasteiger partial charge is 0.454 e. The Kier molecular flexibility index (Phi) is 6.23. The Morgan fingerprint density at radius 3 is 2.62 bits per heavy atom. The molecule has 7 heteroatoms. The van der Waals surface area contributed by atoms with E-state index in [0.717, 1.165) is 49.2 Å². The van der Waals surface area contributed by atoms with Crippen molar-refractivity contribution in [1.82, 2.24) is 4.90 Å². The minimum Gasteiger partial charge on any atom is -0.454 e. The molecule has 0 radical (unpaired) electrons. The highest BCUT2D eigenvalue weighted by Crippen LogP contribution is 2.32. The molecule has 2 aromatic rings. The van der Waals surface area contributed by atoms with Crippen molar-refractivity contribution < 1.29 is 24.5 Å². The van der Waals surface area contributed by atoms with Crippen molar-refractivity contribution in [2.75, 3.05) is 39.5 Å². The molecule has 29 heavy (non-hydrogen) atoms. The number of carbonyl (C=O) groups is 1. The van der Waals surface area contributed by atoms with E-state index in [1.54, 1.807) is 0 Å². The number of hydrogen-bond acceptors (Lipinski definition) is 3. The van der Waals surface area contributed by atoms with Gasteiger partial charge < -0.3 is 24.6 Å². The van der Waals surface area contributed by atoms with E-state index in [4.69, 9.17) is 21.1 Å². The Balaban J connectivity index is 1.21. The van der Waals surface area contributed by atoms with E-state index in [9.17, 15) is 4.79 Å². The Morgan fingerprint density at radius 1 is 1.14 bits per heavy atom. The predicted molar refractivity (Wildman–Crippen MR) is 110 cm³/mol. The molecule has 0 spiro atoms. The number of ether oxygens (including phenoxy) is 2. The first-order chi connectivity index (χ1) is 14.1. The first kappa shape index (κ1) is 20.0. The quantitative estimate of drug-likeness (QED) is 0.724. The minimum atomic E-state index is 0.216. The van der Waals surface area contributed by atoms with Crippen LogP contribution in [0.3, 0.4) is 0 Å². The number of halogens is 1. The highest BCUT2D eigenvalue weighted by Gasteiger charge is 2.25. The summed E-state index contributed by atoms with van der Waals surface area (Å²) < 4.78 is 10.8. The summed E-state index contributed by atoms with van der Waals surface area (Å²) in [5, 5.41) is 2.83. The predicted octanol–water partition coefficient (Wildman–Crippen LogP) is 0.620. The third-order valence-corrected chi connectivity index (χ3v) is 6.01. The number of fused-ring (bicyclic) bond motifs is 1. The fourth-order valence-electron chi connectivity index (χ4n) is 3.90. The monoisotopic (exact) mass is 417 g/mol. The van der Waals surface area contributed by atoms with Gasteiger partial charge in [-0.25, -0.2) is 0 Å². The molecule has 0 aliphatic carbocycles. The Bertz CT molecular complexity index is 851. The van der Waals surface area contributed by atoms with Crippen LogP contribution in [0.15, 0.2) is 42.5 Å². The number of quaternary nitrogens is 2. The number of hydrogen-bond donors (Lipinski definition) is 2. The number of amides is 1. The Labute approximate surface area is 176 Å². The van der Waals surface area contributed by atoms with Gasteiger partial charge in [0.15, 0.2) is 18.0 Å². The smallest absolute Gasteiger partial charge is 0.278 e. The van der Waals surface area contributed by atoms with Gasteiger partial charge in [-0.3, -0.25) is 4.79 Å². The molecule has 1 saturated heterocycles. The molecule has 1 atom stereocenters. The maximum atomic E-state index is 12.6. The van der Waals surface area contributed by atoms with E-state index < -0.39 is 0 Å². The summed E-state index contributed by atoms with van der Waals surface area (Å²) in [6, 6.07) is 14.2. The van der Waals surface area contributed by atoms with Gasteiger partial charge in [-0.2, -0.15) is 0 Å². The second kappa shape index (κ2) is 9.03. The summed E-state index contributed by atoms with van der Waals surface area (Å²) in [4.78, 5) is 16.1. The van der Waals surface area contributed by atoms with Gasteiger partial charge in [-0.15, -0.1) is 0 Å². The fraction of sp³-hybridized carbons (Fsp3) is 0.409. The van der Waals surface area contributed by atoms with Crippen molar-refractivity contribution in [3.8, 4) is 11.5 Å². The van der Waals surface area contributed by atoms with E-state index >= 15 is 0 Å². The lowest BCUT2D eigenvalue weighted by Crippen LogP contribution is -3.13. The topological polar surface area (TPSA) is 59.8 Å². The molecule has 0 bridgehead atoms. The average molecular weight is 418 g/mol. The summed E-state index contributed by atoms with van der Waals surface area (Å²) in [5.41, 5.74) is 2.43. The molecule has 0 aromatic heterocycles. The Hall–Kier alpha value is -2.28. The second-order valence-electron chi connectivity index (χ2n) is 7.78. The molecule has 0 unspecified atom stereocenters. The highest BCUT2D eigenvalue weighted by molar-refractivity contribution is 6.30. The highest BCUT2D eigenvalue weighted by atomic mass is 35.5. The van der Waals surface area contributed by atoms with E-state index in [2.05, 4.69) is 24.4 Å². The van der Waals surface area contributed by atoms with Gasteiger partial charge in [0, 0.05) is 16.1 Å². The SMILES string of the molecule is C[C@@H]([NH2+]CC(=O)N1CC[NH+](Cc2ccc3c(c2)OCO3)CC1)c1ccc(Cl)cc1. The maximum Gasteiger partial charge on any atom is 0.278 e. The standard InChI is InChI=1S/C22H26ClN3O3/c1-16(18-3-5-19(23)6-4-18)24-13-22(27)26-10-8-25(9-11-26)14-17-2-7-20-21(12-17)29-15-28-20/h2-7,12,16,24H,8-11,13-15H2,1H3/p+2/t16-/m1/s1. The van der Waals surface area contributed by atoms with Gasteiger partial charge in [-0.1, -0.05) is 23.7 Å². The van der Waals surface area contributed by atoms with Crippen molar-refractivity contribution in [3.05, 3.63) is 58.6 Å². The van der Waals surface area contributed by atoms with Gasteiger partial charge in [0.1, 0.15) is 12.6 Å². The van der Waals surface area contributed by atoms with E-state index in [0.29, 0.717) is 13.3 Å². The third-order valence-electron chi connectivity index (χ3n) is 5.76. The normalized spacial score (nSPS) is 17.4. The summed E-state index contributed by atoms with van der Waals surface area (Å²) in [6.07, 6.45) is 0. The van der Waals surface area contributed by atoms with Gasteiger partial charge in [0.2, 0.25) is 6.79 Å². The maximum absolute atomic E-state index is 12.6. The lowest BCUT2D eigenvalue weighted by Gasteiger charge is -2.32. The molecule has 4 rings (SSSR count). The fourth-order valence-corrected chi connectivity index (χ4v) is 4.02. The van der Waals surface area contributed by atoms with Crippen molar-refractivity contribution in [1.29, 1.82) is 0 Å². The lowest BCUT2D eigenvalue weighted by molar-refractivity contribution is -0.917. The third kappa shape index (κ3) is 5.01. The molecular formula is C22H28ClN3O3+2. The number of piperazine rings is 1. The zero-order valence-corrected chi connectivity index (χ0v) is 17.5. The molecule has 3 N–H and O–H groups in total. The number of nitrogens with one attached hydrogen (secondary N) is 1. The van der Waals surface area contributed by atoms with Crippen LogP contribution in [-0.4, -0.2) is 50.3 Å². The average Bonchev–Trinajstić information content (AvgIpc) is 3.21. The van der Waals surface area contributed by atoms with Crippen LogP contribution in [0.5, 0.6) is 11.5 Å². The number of rotatable bonds is 6. The molecule has 154 valence electrons. The molecule has 2 aliphatic rings. The van der Waals surface area contributed by atoms with Crippen LogP contribution >= 0.6 is 11.6 Å². The van der Waals surface area contributed by atoms with Crippen molar-refractivity contribution >= 4 is 17.5 Å². The molecular weight excluding hydrogens is 390 g/mol.